The van der Waals surface area contributed by atoms with Gasteiger partial charge in [0.1, 0.15) is 15.8 Å². The topological polar surface area (TPSA) is 82.1 Å². The van der Waals surface area contributed by atoms with E-state index in [4.69, 9.17) is 19.3 Å². The predicted molar refractivity (Wildman–Crippen MR) is 52.6 cm³/mol. The van der Waals surface area contributed by atoms with Gasteiger partial charge in [0, 0.05) is 7.11 Å². The van der Waals surface area contributed by atoms with Gasteiger partial charge in [-0.25, -0.2) is 9.59 Å². The van der Waals surface area contributed by atoms with Crippen LogP contribution in [0.5, 0.6) is 0 Å². The molecule has 1 rings (SSSR count). The first-order chi connectivity index (χ1) is 7.28. The molecule has 0 aromatic rings. The van der Waals surface area contributed by atoms with Crippen LogP contribution < -0.4 is 0 Å². The van der Waals surface area contributed by atoms with Crippen LogP contribution in [0.2, 0.25) is 0 Å². The summed E-state index contributed by atoms with van der Waals surface area (Å²) in [6.45, 7) is 2.52. The first-order valence-electron chi connectivity index (χ1n) is 4.63. The summed E-state index contributed by atoms with van der Waals surface area (Å²) in [5.74, 6) is -1.63. The lowest BCUT2D eigenvalue weighted by molar-refractivity contribution is -0.223. The molecule has 1 N–H and O–H groups in total. The molecule has 1 fully saturated rings. The second kappa shape index (κ2) is 4.15. The molecule has 0 amide bonds. The number of hydrogen-bond acceptors (Lipinski definition) is 6. The number of carbonyl (C=O) groups excluding carboxylic acids is 2. The lowest BCUT2D eigenvalue weighted by Gasteiger charge is -2.43. The van der Waals surface area contributed by atoms with Crippen molar-refractivity contribution in [1.82, 2.24) is 0 Å². The number of aliphatic hydroxyl groups is 1. The molecule has 1 aliphatic rings. The van der Waals surface area contributed by atoms with Crippen LogP contribution in [0, 0.1) is 0 Å². The van der Waals surface area contributed by atoms with Crippen molar-refractivity contribution in [1.29, 1.82) is 0 Å². The first-order valence-corrected chi connectivity index (χ1v) is 5.13. The lowest BCUT2D eigenvalue weighted by atomic mass is 9.99. The Hall–Kier alpha value is -0.923. The summed E-state index contributed by atoms with van der Waals surface area (Å²) < 4.78 is 14.8. The summed E-state index contributed by atoms with van der Waals surface area (Å²) in [6.07, 6.45) is -1.27. The Balaban J connectivity index is 3.00. The average molecular weight is 245 g/mol. The maximum Gasteiger partial charge on any atom is 0.350 e. The minimum Gasteiger partial charge on any atom is -0.446 e. The van der Waals surface area contributed by atoms with E-state index in [1.54, 1.807) is 13.8 Å². The molecule has 3 radical (unpaired) electrons. The molecule has 1 heterocycles. The average Bonchev–Trinajstić information content (AvgIpc) is 2.23. The molecule has 0 spiro atoms. The highest BCUT2D eigenvalue weighted by Crippen LogP contribution is 2.31. The van der Waals surface area contributed by atoms with Crippen LogP contribution in [0.3, 0.4) is 0 Å². The summed E-state index contributed by atoms with van der Waals surface area (Å²) in [5.41, 5.74) is -1.10. The largest absolute Gasteiger partial charge is 0.446 e. The molecule has 16 heavy (non-hydrogen) atoms. The molecule has 1 saturated heterocycles. The molecule has 89 valence electrons. The van der Waals surface area contributed by atoms with Gasteiger partial charge < -0.3 is 19.3 Å². The number of rotatable bonds is 3. The van der Waals surface area contributed by atoms with E-state index in [1.807, 2.05) is 0 Å². The molecule has 1 aliphatic heterocycles. The fraction of sp³-hybridized carbons (Fsp3) is 0.778. The monoisotopic (exact) mass is 245 g/mol. The Bertz CT molecular complexity index is 315. The minimum absolute atomic E-state index is 0.611. The maximum atomic E-state index is 11.7. The molecule has 0 aromatic heterocycles. The Morgan fingerprint density at radius 3 is 2.56 bits per heavy atom. The fourth-order valence-corrected chi connectivity index (χ4v) is 1.40. The second-order valence-corrected chi connectivity index (χ2v) is 4.60. The summed E-state index contributed by atoms with van der Waals surface area (Å²) in [6, 6.07) is 0. The molecule has 0 bridgehead atoms. The zero-order chi connectivity index (χ0) is 12.6. The number of hydrogen-bond donors (Lipinski definition) is 1. The van der Waals surface area contributed by atoms with Gasteiger partial charge in [0.25, 0.3) is 0 Å². The molecule has 7 heteroatoms. The number of cyclic esters (lactones) is 2. The normalized spacial score (nSPS) is 30.9. The van der Waals surface area contributed by atoms with Gasteiger partial charge in [0.05, 0.1) is 6.61 Å². The third-order valence-corrected chi connectivity index (χ3v) is 3.49. The number of carbonyl (C=O) groups is 2. The smallest absolute Gasteiger partial charge is 0.350 e. The van der Waals surface area contributed by atoms with E-state index in [1.165, 1.54) is 7.11 Å². The molecule has 0 aliphatic carbocycles. The predicted octanol–water partition coefficient (Wildman–Crippen LogP) is -1.26. The van der Waals surface area contributed by atoms with Crippen LogP contribution in [0.25, 0.3) is 0 Å². The second-order valence-electron chi connectivity index (χ2n) is 3.89. The molecular formula is C9H13O6Si. The highest BCUT2D eigenvalue weighted by atomic mass is 28.1. The van der Waals surface area contributed by atoms with Gasteiger partial charge in [-0.1, -0.05) is 0 Å². The molecule has 0 saturated carbocycles. The molecular weight excluding hydrogens is 232 g/mol. The molecule has 2 atom stereocenters. The van der Waals surface area contributed by atoms with Crippen molar-refractivity contribution in [3.63, 3.8) is 0 Å². The third kappa shape index (κ3) is 1.85. The summed E-state index contributed by atoms with van der Waals surface area (Å²) in [7, 11) is 4.45. The highest BCUT2D eigenvalue weighted by Gasteiger charge is 2.57. The van der Waals surface area contributed by atoms with Crippen molar-refractivity contribution >= 4 is 22.2 Å². The van der Waals surface area contributed by atoms with E-state index in [0.29, 0.717) is 0 Å². The Morgan fingerprint density at radius 2 is 2.12 bits per heavy atom. The highest BCUT2D eigenvalue weighted by molar-refractivity contribution is 6.28. The first kappa shape index (κ1) is 13.1. The van der Waals surface area contributed by atoms with Crippen LogP contribution in [0.1, 0.15) is 13.8 Å². The standard InChI is InChI=1S/C9H13O6Si/c1-8(2,13-3)9(16)7(12)14-5(4-10)6(11)15-9/h5,10H,4H2,1-3H3. The van der Waals surface area contributed by atoms with Crippen molar-refractivity contribution in [2.75, 3.05) is 13.7 Å². The van der Waals surface area contributed by atoms with Crippen molar-refractivity contribution in [3.8, 4) is 0 Å². The van der Waals surface area contributed by atoms with Gasteiger partial charge in [0.15, 0.2) is 0 Å². The summed E-state index contributed by atoms with van der Waals surface area (Å²) in [5, 5.41) is 7.08. The van der Waals surface area contributed by atoms with Gasteiger partial charge in [-0.3, -0.25) is 0 Å². The van der Waals surface area contributed by atoms with Crippen molar-refractivity contribution in [2.24, 2.45) is 0 Å². The lowest BCUT2D eigenvalue weighted by Crippen LogP contribution is -2.65. The number of methoxy groups -OCH3 is 1. The van der Waals surface area contributed by atoms with Gasteiger partial charge in [0.2, 0.25) is 11.3 Å². The maximum absolute atomic E-state index is 11.7. The van der Waals surface area contributed by atoms with Crippen LogP contribution in [-0.4, -0.2) is 57.9 Å². The minimum atomic E-state index is -1.70. The van der Waals surface area contributed by atoms with E-state index in [2.05, 4.69) is 10.2 Å². The van der Waals surface area contributed by atoms with Gasteiger partial charge in [-0.05, 0) is 13.8 Å². The Morgan fingerprint density at radius 1 is 1.56 bits per heavy atom. The van der Waals surface area contributed by atoms with Gasteiger partial charge in [-0.15, -0.1) is 0 Å². The van der Waals surface area contributed by atoms with Crippen molar-refractivity contribution < 1.29 is 28.9 Å². The summed E-state index contributed by atoms with van der Waals surface area (Å²) in [4.78, 5) is 23.1. The van der Waals surface area contributed by atoms with Crippen LogP contribution in [0.15, 0.2) is 0 Å². The van der Waals surface area contributed by atoms with Crippen LogP contribution in [-0.2, 0) is 23.8 Å². The van der Waals surface area contributed by atoms with E-state index in [9.17, 15) is 9.59 Å². The summed E-state index contributed by atoms with van der Waals surface area (Å²) >= 11 is 0. The zero-order valence-corrected chi connectivity index (χ0v) is 10.3. The fourth-order valence-electron chi connectivity index (χ4n) is 1.14. The van der Waals surface area contributed by atoms with Crippen molar-refractivity contribution in [2.45, 2.75) is 30.8 Å². The Labute approximate surface area is 96.3 Å². The quantitative estimate of drug-likeness (QED) is 0.493. The zero-order valence-electron chi connectivity index (χ0n) is 9.27. The SMILES string of the molecule is COC(C)(C)C1([Si])OC(=O)C(CO)OC1=O. The van der Waals surface area contributed by atoms with Crippen molar-refractivity contribution in [3.05, 3.63) is 0 Å². The molecule has 6 nitrogen and oxygen atoms in total. The van der Waals surface area contributed by atoms with E-state index >= 15 is 0 Å². The number of esters is 2. The molecule has 0 aromatic carbocycles. The van der Waals surface area contributed by atoms with Gasteiger partial charge in [-0.2, -0.15) is 0 Å². The van der Waals surface area contributed by atoms with E-state index in [-0.39, 0.29) is 0 Å². The van der Waals surface area contributed by atoms with E-state index in [0.717, 1.165) is 0 Å². The van der Waals surface area contributed by atoms with Gasteiger partial charge >= 0.3 is 11.9 Å². The van der Waals surface area contributed by atoms with E-state index < -0.39 is 35.5 Å². The third-order valence-electron chi connectivity index (χ3n) is 2.58. The van der Waals surface area contributed by atoms with Crippen LogP contribution >= 0.6 is 0 Å². The Kier molecular flexibility index (Phi) is 3.41. The number of aliphatic hydroxyl groups excluding tert-OH is 1. The number of ether oxygens (including phenoxy) is 3. The van der Waals surface area contributed by atoms with Crippen LogP contribution in [0.4, 0.5) is 0 Å². The molecule has 2 unspecified atom stereocenters.